The molecule has 0 bridgehead atoms. The number of benzene rings is 3. The Morgan fingerprint density at radius 1 is 1.14 bits per heavy atom. The average Bonchev–Trinajstić information content (AvgIpc) is 2.87. The molecule has 4 rings (SSSR count). The van der Waals surface area contributed by atoms with Gasteiger partial charge in [-0.15, -0.1) is 0 Å². The van der Waals surface area contributed by atoms with E-state index < -0.39 is 4.92 Å². The number of fused-ring (bicyclic) bond motifs is 1. The third-order valence-electron chi connectivity index (χ3n) is 5.38. The fraction of sp³-hybridized carbons (Fsp3) is 0.192. The molecule has 0 amide bonds. The smallest absolute Gasteiger partial charge is 0.282 e. The quantitative estimate of drug-likeness (QED) is 0.152. The molecule has 0 aliphatic rings. The molecule has 0 N–H and O–H groups in total. The summed E-state index contributed by atoms with van der Waals surface area (Å²) in [6.45, 7) is 2.23. The van der Waals surface area contributed by atoms with Crippen molar-refractivity contribution < 1.29 is 9.66 Å². The van der Waals surface area contributed by atoms with Crippen molar-refractivity contribution in [1.82, 2.24) is 9.66 Å². The van der Waals surface area contributed by atoms with Gasteiger partial charge in [0.05, 0.1) is 22.0 Å². The highest BCUT2D eigenvalue weighted by Crippen LogP contribution is 2.20. The number of hydrogen-bond donors (Lipinski definition) is 0. The number of nitro benzene ring substituents is 1. The van der Waals surface area contributed by atoms with Crippen molar-refractivity contribution in [3.63, 3.8) is 0 Å². The van der Waals surface area contributed by atoms with Crippen LogP contribution in [0.3, 0.4) is 0 Å². The molecule has 0 aliphatic carbocycles. The number of rotatable bonds is 9. The van der Waals surface area contributed by atoms with Crippen molar-refractivity contribution >= 4 is 38.7 Å². The number of halogens is 1. The van der Waals surface area contributed by atoms with Crippen LogP contribution >= 0.6 is 15.9 Å². The molecule has 0 unspecified atom stereocenters. The zero-order valence-corrected chi connectivity index (χ0v) is 20.6. The zero-order chi connectivity index (χ0) is 24.8. The van der Waals surface area contributed by atoms with Gasteiger partial charge >= 0.3 is 0 Å². The Bertz CT molecular complexity index is 1470. The predicted molar refractivity (Wildman–Crippen MR) is 139 cm³/mol. The summed E-state index contributed by atoms with van der Waals surface area (Å²) >= 11 is 3.42. The Morgan fingerprint density at radius 3 is 2.77 bits per heavy atom. The normalized spacial score (nSPS) is 11.3. The first kappa shape index (κ1) is 24.3. The summed E-state index contributed by atoms with van der Waals surface area (Å²) in [6, 6.07) is 19.0. The van der Waals surface area contributed by atoms with Crippen LogP contribution in [0.25, 0.3) is 10.9 Å². The van der Waals surface area contributed by atoms with E-state index in [4.69, 9.17) is 4.74 Å². The Balaban J connectivity index is 1.65. The molecule has 0 spiro atoms. The fourth-order valence-corrected chi connectivity index (χ4v) is 3.93. The van der Waals surface area contributed by atoms with Crippen LogP contribution in [-0.4, -0.2) is 20.8 Å². The number of hydrogen-bond acceptors (Lipinski definition) is 6. The molecule has 3 aromatic carbocycles. The molecule has 0 aliphatic heterocycles. The van der Waals surface area contributed by atoms with Crippen LogP contribution < -0.4 is 10.3 Å². The van der Waals surface area contributed by atoms with Gasteiger partial charge in [0.1, 0.15) is 18.2 Å². The van der Waals surface area contributed by atoms with Crippen LogP contribution in [0.1, 0.15) is 36.7 Å². The molecule has 0 atom stereocenters. The molecule has 0 saturated carbocycles. The summed E-state index contributed by atoms with van der Waals surface area (Å²) in [4.78, 5) is 28.6. The van der Waals surface area contributed by atoms with E-state index >= 15 is 0 Å². The van der Waals surface area contributed by atoms with Gasteiger partial charge in [-0.05, 0) is 42.3 Å². The third-order valence-corrected chi connectivity index (χ3v) is 5.87. The van der Waals surface area contributed by atoms with Gasteiger partial charge < -0.3 is 4.74 Å². The number of unbranched alkanes of at least 4 members (excludes halogenated alkanes) is 1. The van der Waals surface area contributed by atoms with E-state index in [1.165, 1.54) is 16.8 Å². The van der Waals surface area contributed by atoms with Crippen molar-refractivity contribution in [3.8, 4) is 5.75 Å². The van der Waals surface area contributed by atoms with Crippen molar-refractivity contribution in [2.45, 2.75) is 32.8 Å². The lowest BCUT2D eigenvalue weighted by atomic mass is 10.2. The van der Waals surface area contributed by atoms with Crippen LogP contribution in [-0.2, 0) is 13.0 Å². The molecule has 9 heteroatoms. The number of aryl methyl sites for hydroxylation is 1. The standard InChI is InChI=1S/C26H23BrN4O4/c1-2-3-11-25-29-23-13-12-20(27)15-22(23)26(32)30(25)28-16-19-8-4-5-10-24(19)35-17-18-7-6-9-21(14-18)31(33)34/h4-10,12-16H,2-3,11,17H2,1H3. The Hall–Kier alpha value is -3.85. The molecular formula is C26H23BrN4O4. The Labute approximate surface area is 210 Å². The van der Waals surface area contributed by atoms with Crippen molar-refractivity contribution in [1.29, 1.82) is 0 Å². The van der Waals surface area contributed by atoms with Crippen molar-refractivity contribution in [3.05, 3.63) is 109 Å². The monoisotopic (exact) mass is 534 g/mol. The number of nitro groups is 1. The molecule has 8 nitrogen and oxygen atoms in total. The summed E-state index contributed by atoms with van der Waals surface area (Å²) < 4.78 is 8.08. The molecule has 178 valence electrons. The van der Waals surface area contributed by atoms with Gasteiger partial charge in [-0.2, -0.15) is 9.78 Å². The maximum Gasteiger partial charge on any atom is 0.282 e. The van der Waals surface area contributed by atoms with E-state index in [-0.39, 0.29) is 17.9 Å². The maximum absolute atomic E-state index is 13.3. The summed E-state index contributed by atoms with van der Waals surface area (Å²) in [5.74, 6) is 1.14. The maximum atomic E-state index is 13.3. The van der Waals surface area contributed by atoms with Crippen LogP contribution in [0.2, 0.25) is 0 Å². The topological polar surface area (TPSA) is 99.6 Å². The molecule has 0 fully saturated rings. The van der Waals surface area contributed by atoms with E-state index in [1.54, 1.807) is 30.5 Å². The van der Waals surface area contributed by atoms with Gasteiger partial charge in [0.25, 0.3) is 11.2 Å². The molecule has 0 saturated heterocycles. The molecule has 35 heavy (non-hydrogen) atoms. The van der Waals surface area contributed by atoms with Crippen molar-refractivity contribution in [2.75, 3.05) is 0 Å². The number of ether oxygens (including phenoxy) is 1. The summed E-state index contributed by atoms with van der Waals surface area (Å²) in [5.41, 5.74) is 1.74. The molecular weight excluding hydrogens is 512 g/mol. The third kappa shape index (κ3) is 5.81. The van der Waals surface area contributed by atoms with Gasteiger partial charge in [0, 0.05) is 28.6 Å². The van der Waals surface area contributed by atoms with Gasteiger partial charge in [-0.1, -0.05) is 53.5 Å². The summed E-state index contributed by atoms with van der Waals surface area (Å²) in [7, 11) is 0. The minimum absolute atomic E-state index is 0.00960. The minimum Gasteiger partial charge on any atom is -0.488 e. The van der Waals surface area contributed by atoms with E-state index in [2.05, 4.69) is 32.9 Å². The summed E-state index contributed by atoms with van der Waals surface area (Å²) in [5, 5.41) is 16.0. The molecule has 0 radical (unpaired) electrons. The van der Waals surface area contributed by atoms with E-state index in [0.717, 1.165) is 17.3 Å². The van der Waals surface area contributed by atoms with Crippen molar-refractivity contribution in [2.24, 2.45) is 5.10 Å². The first-order valence-corrected chi connectivity index (χ1v) is 12.0. The number of nitrogens with zero attached hydrogens (tertiary/aromatic N) is 4. The molecule has 1 heterocycles. The zero-order valence-electron chi connectivity index (χ0n) is 19.1. The first-order chi connectivity index (χ1) is 17.0. The second kappa shape index (κ2) is 11.1. The minimum atomic E-state index is -0.436. The van der Waals surface area contributed by atoms with Gasteiger partial charge in [0.15, 0.2) is 0 Å². The predicted octanol–water partition coefficient (Wildman–Crippen LogP) is 5.87. The molecule has 1 aromatic heterocycles. The fourth-order valence-electron chi connectivity index (χ4n) is 3.57. The second-order valence-corrected chi connectivity index (χ2v) is 8.82. The van der Waals surface area contributed by atoms with Gasteiger partial charge in [-0.25, -0.2) is 4.98 Å². The van der Waals surface area contributed by atoms with E-state index in [9.17, 15) is 14.9 Å². The van der Waals surface area contributed by atoms with Crippen LogP contribution in [0.15, 0.2) is 81.1 Å². The SMILES string of the molecule is CCCCc1nc2ccc(Br)cc2c(=O)n1N=Cc1ccccc1OCc1cccc([N+](=O)[O-])c1. The van der Waals surface area contributed by atoms with Gasteiger partial charge in [-0.3, -0.25) is 14.9 Å². The lowest BCUT2D eigenvalue weighted by Crippen LogP contribution is -2.22. The highest BCUT2D eigenvalue weighted by atomic mass is 79.9. The highest BCUT2D eigenvalue weighted by Gasteiger charge is 2.12. The highest BCUT2D eigenvalue weighted by molar-refractivity contribution is 9.10. The molecule has 4 aromatic rings. The summed E-state index contributed by atoms with van der Waals surface area (Å²) in [6.07, 6.45) is 4.05. The number of non-ortho nitro benzene ring substituents is 1. The lowest BCUT2D eigenvalue weighted by Gasteiger charge is -2.11. The van der Waals surface area contributed by atoms with Gasteiger partial charge in [0.2, 0.25) is 0 Å². The largest absolute Gasteiger partial charge is 0.488 e. The number of para-hydroxylation sites is 1. The lowest BCUT2D eigenvalue weighted by molar-refractivity contribution is -0.384. The Kier molecular flexibility index (Phi) is 7.67. The Morgan fingerprint density at radius 2 is 1.97 bits per heavy atom. The van der Waals surface area contributed by atoms with E-state index in [0.29, 0.717) is 40.0 Å². The second-order valence-electron chi connectivity index (χ2n) is 7.91. The van der Waals surface area contributed by atoms with Crippen LogP contribution in [0, 0.1) is 10.1 Å². The number of aromatic nitrogens is 2. The van der Waals surface area contributed by atoms with E-state index in [1.807, 2.05) is 30.3 Å². The average molecular weight is 535 g/mol. The first-order valence-electron chi connectivity index (χ1n) is 11.2. The van der Waals surface area contributed by atoms with Crippen LogP contribution in [0.4, 0.5) is 5.69 Å². The van der Waals surface area contributed by atoms with Crippen LogP contribution in [0.5, 0.6) is 5.75 Å².